The van der Waals surface area contributed by atoms with Crippen molar-refractivity contribution >= 4 is 0 Å². The number of hydrogen-bond acceptors (Lipinski definition) is 4. The molecule has 0 amide bonds. The molecular formula is C16H25N3O. The van der Waals surface area contributed by atoms with E-state index in [0.717, 1.165) is 36.9 Å². The van der Waals surface area contributed by atoms with Crippen LogP contribution in [0.5, 0.6) is 5.88 Å². The average molecular weight is 275 g/mol. The summed E-state index contributed by atoms with van der Waals surface area (Å²) in [6, 6.07) is 2.99. The first-order valence-corrected chi connectivity index (χ1v) is 7.82. The standard InChI is InChI=1S/C16H25N3O/c1-19(14-6-7-14)8-9-20-16-13(11-17)10-12-4-2-3-5-15(12)18-16/h10,14H,2-9,11,17H2,1H3. The fourth-order valence-electron chi connectivity index (χ4n) is 2.92. The topological polar surface area (TPSA) is 51.4 Å². The van der Waals surface area contributed by atoms with Crippen LogP contribution in [0.4, 0.5) is 0 Å². The van der Waals surface area contributed by atoms with Crippen LogP contribution in [0.25, 0.3) is 0 Å². The number of nitrogens with two attached hydrogens (primary N) is 1. The van der Waals surface area contributed by atoms with E-state index in [2.05, 4.69) is 18.0 Å². The molecule has 2 N–H and O–H groups in total. The Hall–Kier alpha value is -1.13. The van der Waals surface area contributed by atoms with Crippen LogP contribution in [0, 0.1) is 0 Å². The highest BCUT2D eigenvalue weighted by molar-refractivity contribution is 5.35. The normalized spacial score (nSPS) is 18.1. The Morgan fingerprint density at radius 3 is 2.90 bits per heavy atom. The van der Waals surface area contributed by atoms with Crippen molar-refractivity contribution in [1.82, 2.24) is 9.88 Å². The zero-order valence-corrected chi connectivity index (χ0v) is 12.4. The van der Waals surface area contributed by atoms with Crippen molar-refractivity contribution in [2.75, 3.05) is 20.2 Å². The van der Waals surface area contributed by atoms with Gasteiger partial charge in [-0.25, -0.2) is 4.98 Å². The van der Waals surface area contributed by atoms with E-state index in [9.17, 15) is 0 Å². The lowest BCUT2D eigenvalue weighted by atomic mass is 9.95. The van der Waals surface area contributed by atoms with Gasteiger partial charge in [0.05, 0.1) is 0 Å². The van der Waals surface area contributed by atoms with Crippen molar-refractivity contribution in [2.45, 2.75) is 51.1 Å². The zero-order chi connectivity index (χ0) is 13.9. The first-order valence-electron chi connectivity index (χ1n) is 7.82. The van der Waals surface area contributed by atoms with Gasteiger partial charge in [-0.1, -0.05) is 0 Å². The highest BCUT2D eigenvalue weighted by Crippen LogP contribution is 2.27. The summed E-state index contributed by atoms with van der Waals surface area (Å²) in [4.78, 5) is 7.10. The summed E-state index contributed by atoms with van der Waals surface area (Å²) in [6.45, 7) is 2.17. The van der Waals surface area contributed by atoms with E-state index in [1.165, 1.54) is 36.9 Å². The third kappa shape index (κ3) is 3.13. The molecule has 20 heavy (non-hydrogen) atoms. The summed E-state index contributed by atoms with van der Waals surface area (Å²) in [5, 5.41) is 0. The molecule has 0 spiro atoms. The van der Waals surface area contributed by atoms with E-state index in [0.29, 0.717) is 13.2 Å². The monoisotopic (exact) mass is 275 g/mol. The zero-order valence-electron chi connectivity index (χ0n) is 12.4. The average Bonchev–Trinajstić information content (AvgIpc) is 3.31. The van der Waals surface area contributed by atoms with Gasteiger partial charge in [0.15, 0.2) is 0 Å². The van der Waals surface area contributed by atoms with E-state index in [1.54, 1.807) is 0 Å². The number of nitrogens with zero attached hydrogens (tertiary/aromatic N) is 2. The van der Waals surface area contributed by atoms with E-state index in [1.807, 2.05) is 0 Å². The molecular weight excluding hydrogens is 250 g/mol. The van der Waals surface area contributed by atoms with E-state index >= 15 is 0 Å². The Balaban J connectivity index is 1.64. The maximum atomic E-state index is 5.91. The Morgan fingerprint density at radius 2 is 2.15 bits per heavy atom. The van der Waals surface area contributed by atoms with Crippen LogP contribution in [-0.2, 0) is 19.4 Å². The predicted molar refractivity (Wildman–Crippen MR) is 79.9 cm³/mol. The van der Waals surface area contributed by atoms with E-state index in [-0.39, 0.29) is 0 Å². The van der Waals surface area contributed by atoms with Crippen molar-refractivity contribution in [3.05, 3.63) is 22.9 Å². The summed E-state index contributed by atoms with van der Waals surface area (Å²) in [5.41, 5.74) is 9.49. The van der Waals surface area contributed by atoms with Crippen molar-refractivity contribution in [2.24, 2.45) is 5.73 Å². The number of hydrogen-bond donors (Lipinski definition) is 1. The molecule has 4 nitrogen and oxygen atoms in total. The number of ether oxygens (including phenoxy) is 1. The molecule has 0 aromatic carbocycles. The second-order valence-electron chi connectivity index (χ2n) is 6.03. The Kier molecular flexibility index (Phi) is 4.22. The number of aromatic nitrogens is 1. The fourth-order valence-corrected chi connectivity index (χ4v) is 2.92. The number of fused-ring (bicyclic) bond motifs is 1. The largest absolute Gasteiger partial charge is 0.476 e. The minimum Gasteiger partial charge on any atom is -0.476 e. The maximum absolute atomic E-state index is 5.91. The smallest absolute Gasteiger partial charge is 0.218 e. The number of aryl methyl sites for hydroxylation is 2. The molecule has 2 aliphatic rings. The minimum absolute atomic E-state index is 0.508. The predicted octanol–water partition coefficient (Wildman–Crippen LogP) is 1.89. The van der Waals surface area contributed by atoms with Crippen LogP contribution in [0.1, 0.15) is 42.5 Å². The van der Waals surface area contributed by atoms with Gasteiger partial charge in [0, 0.05) is 30.4 Å². The molecule has 110 valence electrons. The Labute approximate surface area is 121 Å². The van der Waals surface area contributed by atoms with E-state index in [4.69, 9.17) is 15.5 Å². The number of likely N-dealkylation sites (N-methyl/N-ethyl adjacent to an activating group) is 1. The van der Waals surface area contributed by atoms with E-state index < -0.39 is 0 Å². The van der Waals surface area contributed by atoms with Gasteiger partial charge in [-0.05, 0) is 57.2 Å². The summed E-state index contributed by atoms with van der Waals surface area (Å²) in [5.74, 6) is 0.761. The summed E-state index contributed by atoms with van der Waals surface area (Å²) >= 11 is 0. The molecule has 2 aliphatic carbocycles. The Bertz CT molecular complexity index is 471. The minimum atomic E-state index is 0.508. The number of pyridine rings is 1. The molecule has 0 bridgehead atoms. The summed E-state index contributed by atoms with van der Waals surface area (Å²) < 4.78 is 5.91. The lowest BCUT2D eigenvalue weighted by molar-refractivity contribution is 0.224. The van der Waals surface area contributed by atoms with Crippen molar-refractivity contribution in [3.63, 3.8) is 0 Å². The van der Waals surface area contributed by atoms with Gasteiger partial charge in [-0.2, -0.15) is 0 Å². The van der Waals surface area contributed by atoms with Gasteiger partial charge < -0.3 is 15.4 Å². The van der Waals surface area contributed by atoms with Crippen LogP contribution < -0.4 is 10.5 Å². The summed E-state index contributed by atoms with van der Waals surface area (Å²) in [7, 11) is 2.17. The first-order chi connectivity index (χ1) is 9.78. The molecule has 0 saturated heterocycles. The third-order valence-electron chi connectivity index (χ3n) is 4.41. The second kappa shape index (κ2) is 6.10. The third-order valence-corrected chi connectivity index (χ3v) is 4.41. The van der Waals surface area contributed by atoms with Gasteiger partial charge >= 0.3 is 0 Å². The van der Waals surface area contributed by atoms with Crippen LogP contribution in [0.2, 0.25) is 0 Å². The van der Waals surface area contributed by atoms with Crippen LogP contribution in [0.15, 0.2) is 6.07 Å². The molecule has 1 heterocycles. The summed E-state index contributed by atoms with van der Waals surface area (Å²) in [6.07, 6.45) is 7.40. The SMILES string of the molecule is CN(CCOc1nc2c(cc1CN)CCCC2)C1CC1. The second-order valence-corrected chi connectivity index (χ2v) is 6.03. The lowest BCUT2D eigenvalue weighted by Gasteiger charge is -2.20. The molecule has 1 aromatic heterocycles. The van der Waals surface area contributed by atoms with Gasteiger partial charge in [-0.3, -0.25) is 0 Å². The molecule has 0 unspecified atom stereocenters. The van der Waals surface area contributed by atoms with Crippen LogP contribution in [0.3, 0.4) is 0 Å². The quantitative estimate of drug-likeness (QED) is 0.861. The van der Waals surface area contributed by atoms with Crippen LogP contribution in [-0.4, -0.2) is 36.1 Å². The lowest BCUT2D eigenvalue weighted by Crippen LogP contribution is -2.26. The molecule has 0 atom stereocenters. The highest BCUT2D eigenvalue weighted by atomic mass is 16.5. The van der Waals surface area contributed by atoms with Gasteiger partial charge in [0.25, 0.3) is 0 Å². The molecule has 4 heteroatoms. The molecule has 1 saturated carbocycles. The van der Waals surface area contributed by atoms with Gasteiger partial charge in [-0.15, -0.1) is 0 Å². The van der Waals surface area contributed by atoms with Crippen molar-refractivity contribution < 1.29 is 4.74 Å². The Morgan fingerprint density at radius 1 is 1.35 bits per heavy atom. The molecule has 1 fully saturated rings. The van der Waals surface area contributed by atoms with Crippen molar-refractivity contribution in [1.29, 1.82) is 0 Å². The highest BCUT2D eigenvalue weighted by Gasteiger charge is 2.25. The molecule has 0 aliphatic heterocycles. The molecule has 0 radical (unpaired) electrons. The molecule has 3 rings (SSSR count). The first kappa shape index (κ1) is 13.8. The maximum Gasteiger partial charge on any atom is 0.218 e. The molecule has 1 aromatic rings. The van der Waals surface area contributed by atoms with Crippen LogP contribution >= 0.6 is 0 Å². The fraction of sp³-hybridized carbons (Fsp3) is 0.688. The van der Waals surface area contributed by atoms with Gasteiger partial charge in [0.1, 0.15) is 6.61 Å². The number of rotatable bonds is 6. The van der Waals surface area contributed by atoms with Crippen molar-refractivity contribution in [3.8, 4) is 5.88 Å². The van der Waals surface area contributed by atoms with Gasteiger partial charge in [0.2, 0.25) is 5.88 Å².